The van der Waals surface area contributed by atoms with E-state index in [0.717, 1.165) is 3.57 Å². The van der Waals surface area contributed by atoms with Crippen molar-refractivity contribution in [1.82, 2.24) is 4.57 Å². The molecule has 0 aliphatic carbocycles. The van der Waals surface area contributed by atoms with Crippen molar-refractivity contribution in [3.63, 3.8) is 0 Å². The van der Waals surface area contributed by atoms with Crippen molar-refractivity contribution in [3.05, 3.63) is 51.5 Å². The number of anilines is 2. The second kappa shape index (κ2) is 5.88. The van der Waals surface area contributed by atoms with Gasteiger partial charge in [-0.25, -0.2) is 4.39 Å². The van der Waals surface area contributed by atoms with Crippen LogP contribution in [0.5, 0.6) is 0 Å². The number of carbonyl (C=O) groups excluding carboxylic acids is 1. The summed E-state index contributed by atoms with van der Waals surface area (Å²) >= 11 is 2.04. The van der Waals surface area contributed by atoms with Crippen LogP contribution in [0.4, 0.5) is 15.9 Å². The van der Waals surface area contributed by atoms with Crippen molar-refractivity contribution in [2.24, 2.45) is 12.8 Å². The van der Waals surface area contributed by atoms with Crippen LogP contribution in [0.2, 0.25) is 0 Å². The molecular formula is C15H15FIN3O. The summed E-state index contributed by atoms with van der Waals surface area (Å²) in [5.41, 5.74) is 7.45. The molecule has 3 N–H and O–H groups in total. The van der Waals surface area contributed by atoms with Gasteiger partial charge in [0.15, 0.2) is 5.78 Å². The minimum Gasteiger partial charge on any atom is -0.399 e. The summed E-state index contributed by atoms with van der Waals surface area (Å²) in [5, 5.41) is 2.98. The molecule has 1 aromatic heterocycles. The first kappa shape index (κ1) is 15.6. The summed E-state index contributed by atoms with van der Waals surface area (Å²) < 4.78 is 16.4. The van der Waals surface area contributed by atoms with Gasteiger partial charge in [0.2, 0.25) is 0 Å². The Morgan fingerprint density at radius 1 is 1.43 bits per heavy atom. The van der Waals surface area contributed by atoms with Gasteiger partial charge in [-0.1, -0.05) is 6.58 Å². The Balaban J connectivity index is 2.52. The average molecular weight is 399 g/mol. The third-order valence-corrected chi connectivity index (χ3v) is 3.79. The maximum absolute atomic E-state index is 14.0. The maximum Gasteiger partial charge on any atom is 0.176 e. The second-order valence-corrected chi connectivity index (χ2v) is 5.93. The van der Waals surface area contributed by atoms with Crippen LogP contribution in [0.15, 0.2) is 30.8 Å². The Morgan fingerprint density at radius 2 is 2.10 bits per heavy atom. The number of benzene rings is 1. The van der Waals surface area contributed by atoms with Gasteiger partial charge >= 0.3 is 0 Å². The largest absolute Gasteiger partial charge is 0.399 e. The summed E-state index contributed by atoms with van der Waals surface area (Å²) in [6.07, 6.45) is 0. The van der Waals surface area contributed by atoms with Crippen LogP contribution >= 0.6 is 22.6 Å². The lowest BCUT2D eigenvalue weighted by molar-refractivity contribution is 0.101. The quantitative estimate of drug-likeness (QED) is 0.610. The molecule has 0 aliphatic heterocycles. The highest BCUT2D eigenvalue weighted by atomic mass is 127. The van der Waals surface area contributed by atoms with E-state index < -0.39 is 0 Å². The van der Waals surface area contributed by atoms with Gasteiger partial charge in [0.25, 0.3) is 0 Å². The monoisotopic (exact) mass is 399 g/mol. The summed E-state index contributed by atoms with van der Waals surface area (Å²) in [6.45, 7) is 5.16. The number of ketones is 1. The molecule has 0 atom stereocenters. The Kier molecular flexibility index (Phi) is 4.36. The second-order valence-electron chi connectivity index (χ2n) is 4.68. The van der Waals surface area contributed by atoms with Gasteiger partial charge < -0.3 is 15.6 Å². The van der Waals surface area contributed by atoms with E-state index in [4.69, 9.17) is 5.73 Å². The highest BCUT2D eigenvalue weighted by Gasteiger charge is 2.17. The highest BCUT2D eigenvalue weighted by Crippen LogP contribution is 2.29. The third kappa shape index (κ3) is 3.10. The zero-order chi connectivity index (χ0) is 15.7. The molecule has 6 heteroatoms. The number of hydrogen-bond acceptors (Lipinski definition) is 3. The first-order valence-electron chi connectivity index (χ1n) is 6.18. The number of aromatic nitrogens is 1. The predicted molar refractivity (Wildman–Crippen MR) is 91.0 cm³/mol. The number of Topliss-reactive ketones (excluding diaryl/α,β-unsaturated/α-hetero) is 1. The van der Waals surface area contributed by atoms with Gasteiger partial charge in [0.1, 0.15) is 11.6 Å². The Bertz CT molecular complexity index is 737. The standard InChI is InChI=1S/C15H15FIN3O/c1-8(18)11-7-14(9(2)21)20(3)15(11)19-13-5-4-10(17)6-12(13)16/h4-7,19H,1,18H2,2-3H3. The van der Waals surface area contributed by atoms with Crippen molar-refractivity contribution in [3.8, 4) is 0 Å². The molecular weight excluding hydrogens is 384 g/mol. The first-order valence-corrected chi connectivity index (χ1v) is 7.26. The topological polar surface area (TPSA) is 60.1 Å². The van der Waals surface area contributed by atoms with Crippen LogP contribution < -0.4 is 11.1 Å². The lowest BCUT2D eigenvalue weighted by Gasteiger charge is -2.12. The molecule has 0 radical (unpaired) electrons. The Hall–Kier alpha value is -1.83. The van der Waals surface area contributed by atoms with Gasteiger partial charge in [-0.05, 0) is 46.9 Å². The summed E-state index contributed by atoms with van der Waals surface area (Å²) in [4.78, 5) is 11.6. The predicted octanol–water partition coefficient (Wildman–Crippen LogP) is 3.64. The molecule has 0 saturated heterocycles. The number of hydrogen-bond donors (Lipinski definition) is 2. The van der Waals surface area contributed by atoms with E-state index in [9.17, 15) is 9.18 Å². The minimum absolute atomic E-state index is 0.101. The number of nitrogens with zero attached hydrogens (tertiary/aromatic N) is 1. The van der Waals surface area contributed by atoms with Gasteiger partial charge in [0.05, 0.1) is 11.4 Å². The molecule has 4 nitrogen and oxygen atoms in total. The zero-order valence-corrected chi connectivity index (χ0v) is 13.9. The van der Waals surface area contributed by atoms with Crippen LogP contribution in [0.3, 0.4) is 0 Å². The van der Waals surface area contributed by atoms with E-state index in [1.54, 1.807) is 29.8 Å². The van der Waals surface area contributed by atoms with E-state index in [0.29, 0.717) is 28.5 Å². The molecule has 110 valence electrons. The van der Waals surface area contributed by atoms with Crippen molar-refractivity contribution < 1.29 is 9.18 Å². The third-order valence-electron chi connectivity index (χ3n) is 3.12. The molecule has 0 aliphatic rings. The Labute approximate surface area is 136 Å². The number of rotatable bonds is 4. The van der Waals surface area contributed by atoms with Gasteiger partial charge in [-0.2, -0.15) is 0 Å². The molecule has 0 bridgehead atoms. The SMILES string of the molecule is C=C(N)c1cc(C(C)=O)n(C)c1Nc1ccc(I)cc1F. The summed E-state index contributed by atoms with van der Waals surface area (Å²) in [6, 6.07) is 6.50. The lowest BCUT2D eigenvalue weighted by atomic mass is 10.2. The maximum atomic E-state index is 14.0. The molecule has 1 heterocycles. The number of nitrogens with two attached hydrogens (primary N) is 1. The molecule has 0 spiro atoms. The van der Waals surface area contributed by atoms with Crippen LogP contribution in [-0.2, 0) is 7.05 Å². The van der Waals surface area contributed by atoms with Crippen molar-refractivity contribution in [2.45, 2.75) is 6.92 Å². The normalized spacial score (nSPS) is 10.5. The Morgan fingerprint density at radius 3 is 2.62 bits per heavy atom. The van der Waals surface area contributed by atoms with Crippen LogP contribution in [0, 0.1) is 9.39 Å². The van der Waals surface area contributed by atoms with Gasteiger partial charge in [0, 0.05) is 28.8 Å². The number of carbonyl (C=O) groups is 1. The highest BCUT2D eigenvalue weighted by molar-refractivity contribution is 14.1. The van der Waals surface area contributed by atoms with E-state index >= 15 is 0 Å². The smallest absolute Gasteiger partial charge is 0.176 e. The van der Waals surface area contributed by atoms with Crippen LogP contribution in [-0.4, -0.2) is 10.4 Å². The van der Waals surface area contributed by atoms with E-state index in [-0.39, 0.29) is 11.6 Å². The number of nitrogens with one attached hydrogen (secondary N) is 1. The molecule has 0 unspecified atom stereocenters. The van der Waals surface area contributed by atoms with Gasteiger partial charge in [-0.3, -0.25) is 4.79 Å². The molecule has 0 saturated carbocycles. The fraction of sp³-hybridized carbons (Fsp3) is 0.133. The van der Waals surface area contributed by atoms with Gasteiger partial charge in [-0.15, -0.1) is 0 Å². The number of halogens is 2. The van der Waals surface area contributed by atoms with Crippen LogP contribution in [0.25, 0.3) is 5.70 Å². The lowest BCUT2D eigenvalue weighted by Crippen LogP contribution is -2.07. The summed E-state index contributed by atoms with van der Waals surface area (Å²) in [7, 11) is 1.72. The molecule has 1 aromatic carbocycles. The van der Waals surface area contributed by atoms with E-state index in [1.807, 2.05) is 22.6 Å². The van der Waals surface area contributed by atoms with E-state index in [1.165, 1.54) is 13.0 Å². The molecule has 0 fully saturated rings. The molecule has 0 amide bonds. The van der Waals surface area contributed by atoms with Crippen molar-refractivity contribution in [2.75, 3.05) is 5.32 Å². The summed E-state index contributed by atoms with van der Waals surface area (Å²) in [5.74, 6) is 0.0602. The fourth-order valence-electron chi connectivity index (χ4n) is 2.06. The molecule has 2 rings (SSSR count). The van der Waals surface area contributed by atoms with Crippen LogP contribution in [0.1, 0.15) is 23.0 Å². The molecule has 21 heavy (non-hydrogen) atoms. The first-order chi connectivity index (χ1) is 9.81. The fourth-order valence-corrected chi connectivity index (χ4v) is 2.51. The average Bonchev–Trinajstić information content (AvgIpc) is 2.70. The van der Waals surface area contributed by atoms with Crippen molar-refractivity contribution >= 4 is 45.6 Å². The minimum atomic E-state index is -0.374. The molecule has 2 aromatic rings. The van der Waals surface area contributed by atoms with Crippen molar-refractivity contribution in [1.29, 1.82) is 0 Å². The van der Waals surface area contributed by atoms with E-state index in [2.05, 4.69) is 11.9 Å². The zero-order valence-electron chi connectivity index (χ0n) is 11.7.